The molecule has 3 heterocycles. The van der Waals surface area contributed by atoms with Gasteiger partial charge in [-0.2, -0.15) is 0 Å². The van der Waals surface area contributed by atoms with Crippen molar-refractivity contribution >= 4 is 12.2 Å². The summed E-state index contributed by atoms with van der Waals surface area (Å²) < 4.78 is 10.7. The lowest BCUT2D eigenvalue weighted by Gasteiger charge is -2.30. The summed E-state index contributed by atoms with van der Waals surface area (Å²) in [7, 11) is 2.19. The first kappa shape index (κ1) is 29.6. The average molecular weight is 498 g/mol. The first-order valence-corrected chi connectivity index (χ1v) is 13.3. The summed E-state index contributed by atoms with van der Waals surface area (Å²) in [4.78, 5) is 29.6. The predicted octanol–water partition coefficient (Wildman–Crippen LogP) is 3.13. The molecule has 204 valence electrons. The Hall–Kier alpha value is -1.58. The van der Waals surface area contributed by atoms with E-state index in [1.165, 1.54) is 25.9 Å². The molecule has 3 fully saturated rings. The van der Waals surface area contributed by atoms with Gasteiger partial charge in [-0.05, 0) is 112 Å². The third kappa shape index (κ3) is 11.3. The van der Waals surface area contributed by atoms with Crippen molar-refractivity contribution in [3.63, 3.8) is 0 Å². The highest BCUT2D eigenvalue weighted by atomic mass is 16.6. The van der Waals surface area contributed by atoms with Gasteiger partial charge in [-0.25, -0.2) is 9.59 Å². The van der Waals surface area contributed by atoms with Gasteiger partial charge in [-0.3, -0.25) is 0 Å². The van der Waals surface area contributed by atoms with Crippen LogP contribution in [0.1, 0.15) is 67.2 Å². The molecule has 3 rings (SSSR count). The smallest absolute Gasteiger partial charge is 0.410 e. The van der Waals surface area contributed by atoms with E-state index < -0.39 is 11.2 Å². The number of carbonyl (C=O) groups is 2. The van der Waals surface area contributed by atoms with Crippen molar-refractivity contribution in [3.8, 4) is 0 Å². The van der Waals surface area contributed by atoms with E-state index in [-0.39, 0.29) is 12.2 Å². The fourth-order valence-electron chi connectivity index (χ4n) is 4.55. The molecule has 0 aromatic carbocycles. The Morgan fingerprint density at radius 1 is 0.800 bits per heavy atom. The maximum Gasteiger partial charge on any atom is 0.410 e. The van der Waals surface area contributed by atoms with Gasteiger partial charge in [-0.15, -0.1) is 0 Å². The third-order valence-corrected chi connectivity index (χ3v) is 6.62. The number of piperidine rings is 1. The third-order valence-electron chi connectivity index (χ3n) is 6.62. The molecule has 0 saturated carbocycles. The van der Waals surface area contributed by atoms with Gasteiger partial charge in [0.25, 0.3) is 0 Å². The van der Waals surface area contributed by atoms with E-state index in [0.717, 1.165) is 45.6 Å². The number of hydrogen-bond donors (Lipinski definition) is 2. The van der Waals surface area contributed by atoms with Crippen molar-refractivity contribution in [1.29, 1.82) is 0 Å². The van der Waals surface area contributed by atoms with Crippen LogP contribution in [-0.4, -0.2) is 104 Å². The van der Waals surface area contributed by atoms with Crippen LogP contribution in [0, 0.1) is 11.8 Å². The van der Waals surface area contributed by atoms with Gasteiger partial charge in [0.15, 0.2) is 0 Å². The molecule has 0 unspecified atom stereocenters. The molecule has 0 aromatic rings. The first-order chi connectivity index (χ1) is 16.3. The van der Waals surface area contributed by atoms with E-state index in [2.05, 4.69) is 17.3 Å². The molecule has 3 aliphatic heterocycles. The van der Waals surface area contributed by atoms with Gasteiger partial charge >= 0.3 is 12.2 Å². The highest BCUT2D eigenvalue weighted by Gasteiger charge is 2.30. The van der Waals surface area contributed by atoms with Gasteiger partial charge in [0.1, 0.15) is 11.2 Å². The molecule has 2 atom stereocenters. The number of nitrogens with two attached hydrogens (primary N) is 1. The summed E-state index contributed by atoms with van der Waals surface area (Å²) in [5.74, 6) is 1.01. The van der Waals surface area contributed by atoms with Crippen LogP contribution < -0.4 is 11.1 Å². The predicted molar refractivity (Wildman–Crippen MR) is 139 cm³/mol. The van der Waals surface area contributed by atoms with Crippen LogP contribution in [0.3, 0.4) is 0 Å². The number of nitrogens with zero attached hydrogens (tertiary/aromatic N) is 3. The Morgan fingerprint density at radius 3 is 1.69 bits per heavy atom. The van der Waals surface area contributed by atoms with Crippen molar-refractivity contribution < 1.29 is 19.1 Å². The quantitative estimate of drug-likeness (QED) is 0.615. The number of ether oxygens (including phenoxy) is 2. The zero-order valence-electron chi connectivity index (χ0n) is 23.3. The molecule has 3 saturated heterocycles. The van der Waals surface area contributed by atoms with Gasteiger partial charge in [0, 0.05) is 32.2 Å². The summed E-state index contributed by atoms with van der Waals surface area (Å²) in [5.41, 5.74) is 4.74. The van der Waals surface area contributed by atoms with Gasteiger partial charge in [0.2, 0.25) is 0 Å². The molecule has 3 N–H and O–H groups in total. The zero-order chi connectivity index (χ0) is 26.2. The molecule has 9 nitrogen and oxygen atoms in total. The minimum Gasteiger partial charge on any atom is -0.444 e. The first-order valence-electron chi connectivity index (χ1n) is 13.3. The van der Waals surface area contributed by atoms with E-state index in [9.17, 15) is 9.59 Å². The zero-order valence-corrected chi connectivity index (χ0v) is 23.3. The van der Waals surface area contributed by atoms with E-state index in [0.29, 0.717) is 24.4 Å². The lowest BCUT2D eigenvalue weighted by atomic mass is 10.0. The lowest BCUT2D eigenvalue weighted by Crippen LogP contribution is -2.43. The average Bonchev–Trinajstić information content (AvgIpc) is 3.41. The van der Waals surface area contributed by atoms with Crippen LogP contribution in [0.4, 0.5) is 9.59 Å². The topological polar surface area (TPSA) is 100 Å². The number of rotatable bonds is 4. The molecule has 2 amide bonds. The van der Waals surface area contributed by atoms with Crippen molar-refractivity contribution in [1.82, 2.24) is 20.0 Å². The van der Waals surface area contributed by atoms with Crippen molar-refractivity contribution in [2.45, 2.75) is 84.5 Å². The van der Waals surface area contributed by atoms with E-state index >= 15 is 0 Å². The summed E-state index contributed by atoms with van der Waals surface area (Å²) in [6, 6.07) is 0.650. The maximum atomic E-state index is 12.0. The SMILES string of the molecule is CC(C)(C)OC(=O)N1CC[C@H](CN)C1.CN1CCC(NC[C@H]2CCN(C(=O)OC(C)(C)C)C2)CC1. The Balaban J connectivity index is 0.000000269. The Kier molecular flexibility index (Phi) is 11.1. The Bertz CT molecular complexity index is 668. The molecule has 0 radical (unpaired) electrons. The van der Waals surface area contributed by atoms with Crippen LogP contribution in [0.2, 0.25) is 0 Å². The Morgan fingerprint density at radius 2 is 1.26 bits per heavy atom. The van der Waals surface area contributed by atoms with Crippen LogP contribution in [-0.2, 0) is 9.47 Å². The van der Waals surface area contributed by atoms with Crippen molar-refractivity contribution in [2.24, 2.45) is 17.6 Å². The number of carbonyl (C=O) groups excluding carboxylic acids is 2. The molecule has 0 aromatic heterocycles. The fourth-order valence-corrected chi connectivity index (χ4v) is 4.55. The number of nitrogens with one attached hydrogen (secondary N) is 1. The molecule has 9 heteroatoms. The minimum absolute atomic E-state index is 0.163. The summed E-state index contributed by atoms with van der Waals surface area (Å²) in [6.45, 7) is 18.6. The number of amides is 2. The second kappa shape index (κ2) is 13.1. The summed E-state index contributed by atoms with van der Waals surface area (Å²) >= 11 is 0. The molecule has 3 aliphatic rings. The highest BCUT2D eigenvalue weighted by Crippen LogP contribution is 2.20. The second-order valence-corrected chi connectivity index (χ2v) is 12.4. The molecule has 0 spiro atoms. The lowest BCUT2D eigenvalue weighted by molar-refractivity contribution is 0.0278. The standard InChI is InChI=1S/C16H31N3O2.C10H20N2O2/c1-16(2,3)21-15(20)19-10-5-13(12-19)11-17-14-6-8-18(4)9-7-14;1-10(2,3)14-9(13)12-5-4-8(6-11)7-12/h13-14,17H,5-12H2,1-4H3;8H,4-7,11H2,1-3H3/t13-;8-/m11/s1. The molecule has 0 bridgehead atoms. The molecular weight excluding hydrogens is 446 g/mol. The minimum atomic E-state index is -0.405. The molecule has 0 aliphatic carbocycles. The van der Waals surface area contributed by atoms with Gasteiger partial charge < -0.3 is 35.2 Å². The van der Waals surface area contributed by atoms with E-state index in [1.54, 1.807) is 4.90 Å². The number of hydrogen-bond acceptors (Lipinski definition) is 7. The van der Waals surface area contributed by atoms with Crippen LogP contribution in [0.5, 0.6) is 0 Å². The van der Waals surface area contributed by atoms with E-state index in [4.69, 9.17) is 15.2 Å². The monoisotopic (exact) mass is 497 g/mol. The maximum absolute atomic E-state index is 12.0. The fraction of sp³-hybridized carbons (Fsp3) is 0.923. The van der Waals surface area contributed by atoms with Crippen LogP contribution in [0.25, 0.3) is 0 Å². The van der Waals surface area contributed by atoms with Crippen LogP contribution >= 0.6 is 0 Å². The van der Waals surface area contributed by atoms with Crippen molar-refractivity contribution in [3.05, 3.63) is 0 Å². The summed E-state index contributed by atoms with van der Waals surface area (Å²) in [6.07, 6.45) is 4.17. The normalized spacial score (nSPS) is 24.2. The summed E-state index contributed by atoms with van der Waals surface area (Å²) in [5, 5.41) is 3.69. The molecule has 35 heavy (non-hydrogen) atoms. The Labute approximate surface area is 213 Å². The highest BCUT2D eigenvalue weighted by molar-refractivity contribution is 5.68. The van der Waals surface area contributed by atoms with E-state index in [1.807, 2.05) is 46.4 Å². The largest absolute Gasteiger partial charge is 0.444 e. The van der Waals surface area contributed by atoms with Crippen LogP contribution in [0.15, 0.2) is 0 Å². The molecular formula is C26H51N5O4. The number of likely N-dealkylation sites (tertiary alicyclic amines) is 3. The van der Waals surface area contributed by atoms with Gasteiger partial charge in [-0.1, -0.05) is 0 Å². The van der Waals surface area contributed by atoms with Crippen molar-refractivity contribution in [2.75, 3.05) is 59.4 Å². The second-order valence-electron chi connectivity index (χ2n) is 12.4. The van der Waals surface area contributed by atoms with Gasteiger partial charge in [0.05, 0.1) is 0 Å².